The van der Waals surface area contributed by atoms with Crippen LogP contribution in [0.25, 0.3) is 0 Å². The van der Waals surface area contributed by atoms with Gasteiger partial charge in [-0.2, -0.15) is 0 Å². The second-order valence-electron chi connectivity index (χ2n) is 7.48. The number of carbonyl (C=O) groups excluding carboxylic acids is 3. The summed E-state index contributed by atoms with van der Waals surface area (Å²) in [5.41, 5.74) is 2.98. The summed E-state index contributed by atoms with van der Waals surface area (Å²) in [5, 5.41) is 5.70. The van der Waals surface area contributed by atoms with Gasteiger partial charge < -0.3 is 15.5 Å². The fraction of sp³-hybridized carbons (Fsp3) is 0.348. The molecule has 2 N–H and O–H groups in total. The van der Waals surface area contributed by atoms with E-state index in [0.29, 0.717) is 24.3 Å². The molecule has 1 aliphatic rings. The molecule has 2 aromatic rings. The van der Waals surface area contributed by atoms with E-state index in [1.165, 1.54) is 0 Å². The maximum atomic E-state index is 12.5. The highest BCUT2D eigenvalue weighted by atomic mass is 16.2. The first kappa shape index (κ1) is 20.6. The lowest BCUT2D eigenvalue weighted by Gasteiger charge is -2.16. The van der Waals surface area contributed by atoms with E-state index in [1.54, 1.807) is 29.2 Å². The smallest absolute Gasteiger partial charge is 0.255 e. The van der Waals surface area contributed by atoms with Crippen LogP contribution in [0.2, 0.25) is 0 Å². The third-order valence-corrected chi connectivity index (χ3v) is 5.09. The molecule has 3 rings (SSSR count). The molecule has 0 saturated carbocycles. The SMILES string of the molecule is CCCCN1C[C@@H](C(=O)Nc2ccc(C(=O)Nc3ccc(C)cc3)cc2)CC1=O. The van der Waals surface area contributed by atoms with Gasteiger partial charge in [0, 0.05) is 36.4 Å². The van der Waals surface area contributed by atoms with Gasteiger partial charge in [0.05, 0.1) is 5.92 Å². The molecule has 2 aromatic carbocycles. The fourth-order valence-corrected chi connectivity index (χ4v) is 3.30. The summed E-state index contributed by atoms with van der Waals surface area (Å²) in [7, 11) is 0. The van der Waals surface area contributed by atoms with Crippen LogP contribution in [0.15, 0.2) is 48.5 Å². The molecule has 3 amide bonds. The molecule has 29 heavy (non-hydrogen) atoms. The van der Waals surface area contributed by atoms with Crippen molar-refractivity contribution in [3.8, 4) is 0 Å². The zero-order chi connectivity index (χ0) is 20.8. The third kappa shape index (κ3) is 5.44. The van der Waals surface area contributed by atoms with Crippen molar-refractivity contribution in [1.29, 1.82) is 0 Å². The largest absolute Gasteiger partial charge is 0.342 e. The van der Waals surface area contributed by atoms with Crippen LogP contribution in [0.3, 0.4) is 0 Å². The third-order valence-electron chi connectivity index (χ3n) is 5.09. The number of nitrogens with zero attached hydrogens (tertiary/aromatic N) is 1. The van der Waals surface area contributed by atoms with Crippen molar-refractivity contribution in [2.24, 2.45) is 5.92 Å². The Morgan fingerprint density at radius 3 is 2.28 bits per heavy atom. The van der Waals surface area contributed by atoms with Crippen LogP contribution in [0, 0.1) is 12.8 Å². The van der Waals surface area contributed by atoms with Gasteiger partial charge >= 0.3 is 0 Å². The minimum atomic E-state index is -0.330. The van der Waals surface area contributed by atoms with Gasteiger partial charge in [0.15, 0.2) is 0 Å². The molecule has 0 spiro atoms. The van der Waals surface area contributed by atoms with E-state index < -0.39 is 0 Å². The monoisotopic (exact) mass is 393 g/mol. The van der Waals surface area contributed by atoms with Crippen molar-refractivity contribution in [2.45, 2.75) is 33.1 Å². The molecule has 0 unspecified atom stereocenters. The van der Waals surface area contributed by atoms with E-state index >= 15 is 0 Å². The standard InChI is InChI=1S/C23H27N3O3/c1-3-4-13-26-15-18(14-21(26)27)23(29)25-20-11-7-17(8-12-20)22(28)24-19-9-5-16(2)6-10-19/h5-12,18H,3-4,13-15H2,1-2H3,(H,24,28)(H,25,29)/t18-/m0/s1. The van der Waals surface area contributed by atoms with Crippen LogP contribution in [0.1, 0.15) is 42.1 Å². The first-order valence-electron chi connectivity index (χ1n) is 10.0. The molecule has 1 saturated heterocycles. The molecule has 1 heterocycles. The van der Waals surface area contributed by atoms with Crippen LogP contribution in [-0.2, 0) is 9.59 Å². The second-order valence-corrected chi connectivity index (χ2v) is 7.48. The van der Waals surface area contributed by atoms with Gasteiger partial charge in [-0.05, 0) is 49.7 Å². The van der Waals surface area contributed by atoms with Gasteiger partial charge in [0.25, 0.3) is 5.91 Å². The highest BCUT2D eigenvalue weighted by Gasteiger charge is 2.33. The average molecular weight is 393 g/mol. The summed E-state index contributed by atoms with van der Waals surface area (Å²) in [6.45, 7) is 5.25. The van der Waals surface area contributed by atoms with Gasteiger partial charge in [-0.1, -0.05) is 31.0 Å². The molecule has 0 aliphatic carbocycles. The Morgan fingerprint density at radius 1 is 1.00 bits per heavy atom. The predicted molar refractivity (Wildman–Crippen MR) is 114 cm³/mol. The van der Waals surface area contributed by atoms with Gasteiger partial charge in [0.1, 0.15) is 0 Å². The number of hydrogen-bond acceptors (Lipinski definition) is 3. The number of aryl methyl sites for hydroxylation is 1. The zero-order valence-corrected chi connectivity index (χ0v) is 16.9. The van der Waals surface area contributed by atoms with Crippen LogP contribution < -0.4 is 10.6 Å². The van der Waals surface area contributed by atoms with Crippen molar-refractivity contribution in [3.63, 3.8) is 0 Å². The highest BCUT2D eigenvalue weighted by Crippen LogP contribution is 2.21. The van der Waals surface area contributed by atoms with Crippen molar-refractivity contribution >= 4 is 29.1 Å². The summed E-state index contributed by atoms with van der Waals surface area (Å²) >= 11 is 0. The Labute approximate surface area is 171 Å². The number of likely N-dealkylation sites (tertiary alicyclic amines) is 1. The number of nitrogens with one attached hydrogen (secondary N) is 2. The molecule has 1 aliphatic heterocycles. The molecule has 1 atom stereocenters. The number of hydrogen-bond donors (Lipinski definition) is 2. The molecule has 0 bridgehead atoms. The van der Waals surface area contributed by atoms with Crippen molar-refractivity contribution in [2.75, 3.05) is 23.7 Å². The van der Waals surface area contributed by atoms with E-state index in [1.807, 2.05) is 31.2 Å². The van der Waals surface area contributed by atoms with Crippen LogP contribution >= 0.6 is 0 Å². The lowest BCUT2D eigenvalue weighted by molar-refractivity contribution is -0.128. The summed E-state index contributed by atoms with van der Waals surface area (Å²) < 4.78 is 0. The van der Waals surface area contributed by atoms with E-state index in [4.69, 9.17) is 0 Å². The minimum absolute atomic E-state index is 0.0433. The number of benzene rings is 2. The number of anilines is 2. The topological polar surface area (TPSA) is 78.5 Å². The Balaban J connectivity index is 1.55. The number of unbranched alkanes of at least 4 members (excludes halogenated alkanes) is 1. The van der Waals surface area contributed by atoms with Gasteiger partial charge in [-0.3, -0.25) is 14.4 Å². The maximum Gasteiger partial charge on any atom is 0.255 e. The van der Waals surface area contributed by atoms with Crippen molar-refractivity contribution in [1.82, 2.24) is 4.90 Å². The van der Waals surface area contributed by atoms with Gasteiger partial charge in [-0.25, -0.2) is 0 Å². The number of rotatable bonds is 7. The van der Waals surface area contributed by atoms with Crippen molar-refractivity contribution < 1.29 is 14.4 Å². The fourth-order valence-electron chi connectivity index (χ4n) is 3.30. The highest BCUT2D eigenvalue weighted by molar-refractivity contribution is 6.04. The number of carbonyl (C=O) groups is 3. The molecule has 152 valence electrons. The van der Waals surface area contributed by atoms with Gasteiger partial charge in [-0.15, -0.1) is 0 Å². The average Bonchev–Trinajstić information content (AvgIpc) is 3.09. The van der Waals surface area contributed by atoms with Crippen LogP contribution in [-0.4, -0.2) is 35.7 Å². The van der Waals surface area contributed by atoms with E-state index in [0.717, 1.165) is 24.1 Å². The summed E-state index contributed by atoms with van der Waals surface area (Å²) in [5.74, 6) is -0.653. The lowest BCUT2D eigenvalue weighted by atomic mass is 10.1. The molecule has 1 fully saturated rings. The molecular weight excluding hydrogens is 366 g/mol. The molecule has 6 heteroatoms. The van der Waals surface area contributed by atoms with Crippen LogP contribution in [0.5, 0.6) is 0 Å². The molecular formula is C23H27N3O3. The first-order chi connectivity index (χ1) is 14.0. The van der Waals surface area contributed by atoms with E-state index in [-0.39, 0.29) is 30.1 Å². The first-order valence-corrected chi connectivity index (χ1v) is 10.0. The Bertz CT molecular complexity index is 875. The predicted octanol–water partition coefficient (Wildman–Crippen LogP) is 3.83. The molecule has 6 nitrogen and oxygen atoms in total. The molecule has 0 radical (unpaired) electrons. The second kappa shape index (κ2) is 9.37. The van der Waals surface area contributed by atoms with E-state index in [2.05, 4.69) is 17.6 Å². The summed E-state index contributed by atoms with van der Waals surface area (Å²) in [6.07, 6.45) is 2.23. The quantitative estimate of drug-likeness (QED) is 0.750. The summed E-state index contributed by atoms with van der Waals surface area (Å²) in [6, 6.07) is 14.3. The lowest BCUT2D eigenvalue weighted by Crippen LogP contribution is -2.29. The normalized spacial score (nSPS) is 16.0. The Hall–Kier alpha value is -3.15. The Morgan fingerprint density at radius 2 is 1.62 bits per heavy atom. The molecule has 0 aromatic heterocycles. The van der Waals surface area contributed by atoms with Crippen molar-refractivity contribution in [3.05, 3.63) is 59.7 Å². The summed E-state index contributed by atoms with van der Waals surface area (Å²) in [4.78, 5) is 38.7. The minimum Gasteiger partial charge on any atom is -0.342 e. The zero-order valence-electron chi connectivity index (χ0n) is 16.9. The van der Waals surface area contributed by atoms with E-state index in [9.17, 15) is 14.4 Å². The maximum absolute atomic E-state index is 12.5. The van der Waals surface area contributed by atoms with Gasteiger partial charge in [0.2, 0.25) is 11.8 Å². The van der Waals surface area contributed by atoms with Crippen LogP contribution in [0.4, 0.5) is 11.4 Å². The number of amides is 3. The Kier molecular flexibility index (Phi) is 6.65.